The molecule has 1 heterocycles. The van der Waals surface area contributed by atoms with Crippen LogP contribution < -0.4 is 0 Å². The summed E-state index contributed by atoms with van der Waals surface area (Å²) in [5, 5.41) is 27.6. The van der Waals surface area contributed by atoms with Gasteiger partial charge in [0.2, 0.25) is 0 Å². The number of nitrogens with zero attached hydrogens (tertiary/aromatic N) is 3. The highest BCUT2D eigenvalue weighted by Gasteiger charge is 2.32. The molecule has 0 radical (unpaired) electrons. The Kier molecular flexibility index (Phi) is 3.25. The molecule has 5 nitrogen and oxygen atoms in total. The molecule has 1 aromatic heterocycles. The zero-order chi connectivity index (χ0) is 11.6. The summed E-state index contributed by atoms with van der Waals surface area (Å²) >= 11 is 0. The normalized spacial score (nSPS) is 21.2. The first-order valence-electron chi connectivity index (χ1n) is 5.93. The lowest BCUT2D eigenvalue weighted by Gasteiger charge is -2.21. The minimum atomic E-state index is -0.623. The summed E-state index contributed by atoms with van der Waals surface area (Å²) in [5.74, 6) is 0. The maximum absolute atomic E-state index is 10.2. The molecular weight excluding hydrogens is 206 g/mol. The van der Waals surface area contributed by atoms with Gasteiger partial charge < -0.3 is 10.2 Å². The Morgan fingerprint density at radius 2 is 2.19 bits per heavy atom. The van der Waals surface area contributed by atoms with E-state index in [2.05, 4.69) is 10.3 Å². The van der Waals surface area contributed by atoms with Crippen molar-refractivity contribution >= 4 is 0 Å². The topological polar surface area (TPSA) is 71.2 Å². The van der Waals surface area contributed by atoms with Gasteiger partial charge in [0.25, 0.3) is 0 Å². The minimum Gasteiger partial charge on any atom is -0.388 e. The van der Waals surface area contributed by atoms with Crippen molar-refractivity contribution in [2.45, 2.75) is 57.3 Å². The molecule has 1 aromatic rings. The molecule has 90 valence electrons. The third-order valence-electron chi connectivity index (χ3n) is 3.28. The zero-order valence-corrected chi connectivity index (χ0v) is 9.63. The number of aromatic nitrogens is 3. The number of hydrogen-bond donors (Lipinski definition) is 2. The predicted octanol–water partition coefficient (Wildman–Crippen LogP) is 1.03. The van der Waals surface area contributed by atoms with Crippen LogP contribution in [0, 0.1) is 0 Å². The van der Waals surface area contributed by atoms with Crippen LogP contribution in [0.25, 0.3) is 0 Å². The Balaban J connectivity index is 2.02. The van der Waals surface area contributed by atoms with Gasteiger partial charge in [-0.2, -0.15) is 0 Å². The fourth-order valence-electron chi connectivity index (χ4n) is 2.25. The number of aliphatic hydroxyl groups is 2. The van der Waals surface area contributed by atoms with Crippen molar-refractivity contribution in [3.05, 3.63) is 11.9 Å². The van der Waals surface area contributed by atoms with Crippen molar-refractivity contribution in [2.24, 2.45) is 0 Å². The molecule has 0 aliphatic heterocycles. The Labute approximate surface area is 95.1 Å². The Morgan fingerprint density at radius 1 is 1.50 bits per heavy atom. The highest BCUT2D eigenvalue weighted by Crippen LogP contribution is 2.30. The second-order valence-corrected chi connectivity index (χ2v) is 4.70. The number of aliphatic hydroxyl groups excluding tert-OH is 1. The highest BCUT2D eigenvalue weighted by molar-refractivity contribution is 4.97. The monoisotopic (exact) mass is 225 g/mol. The quantitative estimate of drug-likeness (QED) is 0.802. The van der Waals surface area contributed by atoms with Crippen LogP contribution in [0.5, 0.6) is 0 Å². The number of rotatable bonds is 4. The summed E-state index contributed by atoms with van der Waals surface area (Å²) in [6, 6.07) is 0. The molecule has 1 aliphatic rings. The van der Waals surface area contributed by atoms with Crippen LogP contribution in [0.15, 0.2) is 6.20 Å². The molecule has 16 heavy (non-hydrogen) atoms. The maximum atomic E-state index is 10.2. The Hall–Kier alpha value is -0.940. The van der Waals surface area contributed by atoms with E-state index < -0.39 is 11.7 Å². The van der Waals surface area contributed by atoms with Gasteiger partial charge in [-0.25, -0.2) is 4.68 Å². The van der Waals surface area contributed by atoms with Crippen molar-refractivity contribution in [1.29, 1.82) is 0 Å². The van der Waals surface area contributed by atoms with E-state index in [1.54, 1.807) is 10.9 Å². The van der Waals surface area contributed by atoms with Crippen LogP contribution in [0.2, 0.25) is 0 Å². The molecule has 1 unspecified atom stereocenters. The summed E-state index contributed by atoms with van der Waals surface area (Å²) < 4.78 is 1.64. The van der Waals surface area contributed by atoms with Gasteiger partial charge in [-0.3, -0.25) is 0 Å². The number of hydrogen-bond acceptors (Lipinski definition) is 4. The van der Waals surface area contributed by atoms with Gasteiger partial charge in [0.15, 0.2) is 0 Å². The van der Waals surface area contributed by atoms with Crippen LogP contribution in [-0.2, 0) is 6.54 Å². The van der Waals surface area contributed by atoms with Gasteiger partial charge in [0.1, 0.15) is 5.69 Å². The molecule has 2 rings (SSSR count). The summed E-state index contributed by atoms with van der Waals surface area (Å²) in [6.45, 7) is 2.38. The Bertz CT molecular complexity index is 345. The third-order valence-corrected chi connectivity index (χ3v) is 3.28. The van der Waals surface area contributed by atoms with Gasteiger partial charge in [0, 0.05) is 0 Å². The van der Waals surface area contributed by atoms with Crippen LogP contribution >= 0.6 is 0 Å². The van der Waals surface area contributed by atoms with E-state index in [1.165, 1.54) is 0 Å². The standard InChI is InChI=1S/C11H19N3O2/c1-2-10(15)9-7-14(13-12-9)8-11(16)5-3-4-6-11/h7,10,15-16H,2-6,8H2,1H3. The van der Waals surface area contributed by atoms with Gasteiger partial charge in [0.05, 0.1) is 24.4 Å². The van der Waals surface area contributed by atoms with Crippen molar-refractivity contribution in [3.63, 3.8) is 0 Å². The molecule has 1 aliphatic carbocycles. The highest BCUT2D eigenvalue weighted by atomic mass is 16.3. The summed E-state index contributed by atoms with van der Waals surface area (Å²) in [7, 11) is 0. The lowest BCUT2D eigenvalue weighted by molar-refractivity contribution is 0.0260. The molecule has 1 atom stereocenters. The second-order valence-electron chi connectivity index (χ2n) is 4.70. The van der Waals surface area contributed by atoms with E-state index in [4.69, 9.17) is 0 Å². The first-order chi connectivity index (χ1) is 7.63. The lowest BCUT2D eigenvalue weighted by Crippen LogP contribution is -2.30. The van der Waals surface area contributed by atoms with E-state index in [0.29, 0.717) is 18.7 Å². The molecule has 0 aromatic carbocycles. The SMILES string of the molecule is CCC(O)c1cn(CC2(O)CCCC2)nn1. The van der Waals surface area contributed by atoms with Crippen molar-refractivity contribution in [2.75, 3.05) is 0 Å². The molecule has 2 N–H and O–H groups in total. The van der Waals surface area contributed by atoms with Gasteiger partial charge >= 0.3 is 0 Å². The van der Waals surface area contributed by atoms with Gasteiger partial charge in [-0.1, -0.05) is 25.0 Å². The van der Waals surface area contributed by atoms with E-state index in [-0.39, 0.29) is 0 Å². The minimum absolute atomic E-state index is 0.483. The predicted molar refractivity (Wildman–Crippen MR) is 58.7 cm³/mol. The van der Waals surface area contributed by atoms with E-state index in [0.717, 1.165) is 25.7 Å². The average molecular weight is 225 g/mol. The van der Waals surface area contributed by atoms with Gasteiger partial charge in [-0.15, -0.1) is 5.10 Å². The average Bonchev–Trinajstić information content (AvgIpc) is 2.87. The first kappa shape index (κ1) is 11.5. The van der Waals surface area contributed by atoms with Gasteiger partial charge in [-0.05, 0) is 19.3 Å². The van der Waals surface area contributed by atoms with Crippen LogP contribution in [0.1, 0.15) is 50.8 Å². The van der Waals surface area contributed by atoms with Crippen molar-refractivity contribution < 1.29 is 10.2 Å². The zero-order valence-electron chi connectivity index (χ0n) is 9.63. The first-order valence-corrected chi connectivity index (χ1v) is 5.93. The molecule has 0 amide bonds. The van der Waals surface area contributed by atoms with E-state index >= 15 is 0 Å². The smallest absolute Gasteiger partial charge is 0.111 e. The van der Waals surface area contributed by atoms with Crippen LogP contribution in [0.4, 0.5) is 0 Å². The van der Waals surface area contributed by atoms with E-state index in [9.17, 15) is 10.2 Å². The third kappa shape index (κ3) is 2.41. The van der Waals surface area contributed by atoms with Crippen LogP contribution in [0.3, 0.4) is 0 Å². The van der Waals surface area contributed by atoms with E-state index in [1.807, 2.05) is 6.92 Å². The molecule has 0 bridgehead atoms. The second kappa shape index (κ2) is 4.51. The molecule has 0 spiro atoms. The fraction of sp³-hybridized carbons (Fsp3) is 0.818. The fourth-order valence-corrected chi connectivity index (χ4v) is 2.25. The molecule has 1 saturated carbocycles. The van der Waals surface area contributed by atoms with Crippen LogP contribution in [-0.4, -0.2) is 30.8 Å². The summed E-state index contributed by atoms with van der Waals surface area (Å²) in [4.78, 5) is 0. The Morgan fingerprint density at radius 3 is 2.81 bits per heavy atom. The lowest BCUT2D eigenvalue weighted by atomic mass is 10.0. The molecule has 5 heteroatoms. The largest absolute Gasteiger partial charge is 0.388 e. The maximum Gasteiger partial charge on any atom is 0.111 e. The summed E-state index contributed by atoms with van der Waals surface area (Å²) in [6.07, 6.45) is 5.63. The summed E-state index contributed by atoms with van der Waals surface area (Å²) in [5.41, 5.74) is -0.0358. The van der Waals surface area contributed by atoms with Crippen molar-refractivity contribution in [3.8, 4) is 0 Å². The molecule has 1 fully saturated rings. The molecule has 0 saturated heterocycles. The van der Waals surface area contributed by atoms with Crippen molar-refractivity contribution in [1.82, 2.24) is 15.0 Å². The molecular formula is C11H19N3O2.